The summed E-state index contributed by atoms with van der Waals surface area (Å²) in [6, 6.07) is 7.00. The van der Waals surface area contributed by atoms with E-state index in [4.69, 9.17) is 10.0 Å². The molecule has 1 unspecified atom stereocenters. The first-order chi connectivity index (χ1) is 8.54. The van der Waals surface area contributed by atoms with Crippen LogP contribution in [0.3, 0.4) is 0 Å². The van der Waals surface area contributed by atoms with Crippen LogP contribution in [0.2, 0.25) is 0 Å². The number of nitrogens with zero attached hydrogens (tertiary/aromatic N) is 2. The smallest absolute Gasteiger partial charge is 0.245 e. The molecule has 0 aliphatic carbocycles. The maximum absolute atomic E-state index is 5.45. The van der Waals surface area contributed by atoms with E-state index in [-0.39, 0.29) is 8.96 Å². The zero-order valence-electron chi connectivity index (χ0n) is 11.3. The monoisotopic (exact) mass is 266 g/mol. The normalized spacial score (nSPS) is 12.4. The number of rotatable bonds is 4. The van der Waals surface area contributed by atoms with Gasteiger partial charge in [-0.3, -0.25) is 5.50 Å². The number of hydrogen-bond donors (Lipinski definition) is 1. The molecule has 0 saturated heterocycles. The van der Waals surface area contributed by atoms with E-state index in [1.807, 2.05) is 6.07 Å². The Morgan fingerprint density at radius 2 is 2.00 bits per heavy atom. The maximum atomic E-state index is 5.45. The van der Waals surface area contributed by atoms with Crippen molar-refractivity contribution in [2.75, 3.05) is 0 Å². The maximum Gasteiger partial charge on any atom is 0.245 e. The number of hydrogen-bond acceptors (Lipinski definition) is 2. The largest absolute Gasteiger partial charge is 0.461 e. The van der Waals surface area contributed by atoms with Gasteiger partial charge in [-0.2, -0.15) is 0 Å². The van der Waals surface area contributed by atoms with Gasteiger partial charge < -0.3 is 4.52 Å². The summed E-state index contributed by atoms with van der Waals surface area (Å²) in [6.45, 7) is 8.75. The highest BCUT2D eigenvalue weighted by atomic mass is 31.1. The van der Waals surface area contributed by atoms with Gasteiger partial charge in [-0.15, -0.1) is 0 Å². The summed E-state index contributed by atoms with van der Waals surface area (Å²) >= 11 is 0. The summed E-state index contributed by atoms with van der Waals surface area (Å²) in [6.07, 6.45) is 2.18. The van der Waals surface area contributed by atoms with Crippen molar-refractivity contribution in [1.29, 1.82) is 0 Å². The fourth-order valence-corrected chi connectivity index (χ4v) is 2.40. The number of aromatic nitrogens is 2. The van der Waals surface area contributed by atoms with Gasteiger partial charge in [-0.1, -0.05) is 0 Å². The fourth-order valence-electron chi connectivity index (χ4n) is 2.14. The predicted octanol–water partition coefficient (Wildman–Crippen LogP) is 2.94. The van der Waals surface area contributed by atoms with Crippen molar-refractivity contribution in [2.24, 2.45) is 5.50 Å². The van der Waals surface area contributed by atoms with Crippen molar-refractivity contribution in [3.63, 3.8) is 0 Å². The molecule has 1 aromatic heterocycles. The van der Waals surface area contributed by atoms with Crippen LogP contribution in [0.4, 0.5) is 0 Å². The molecule has 2 aromatic rings. The van der Waals surface area contributed by atoms with Gasteiger partial charge >= 0.3 is 0 Å². The Kier molecular flexibility index (Phi) is 3.88. The molecule has 1 heterocycles. The number of nitrogens with two attached hydrogens (primary N) is 1. The van der Waals surface area contributed by atoms with Gasteiger partial charge in [0.2, 0.25) is 6.33 Å². The summed E-state index contributed by atoms with van der Waals surface area (Å²) in [5, 5.41) is 0. The Labute approximate surface area is 110 Å². The summed E-state index contributed by atoms with van der Waals surface area (Å²) in [4.78, 5) is 0. The zero-order valence-corrected chi connectivity index (χ0v) is 12.3. The Morgan fingerprint density at radius 3 is 2.56 bits per heavy atom. The van der Waals surface area contributed by atoms with Crippen molar-refractivity contribution in [1.82, 2.24) is 4.57 Å². The van der Waals surface area contributed by atoms with Crippen molar-refractivity contribution < 1.29 is 9.09 Å². The van der Waals surface area contributed by atoms with Crippen molar-refractivity contribution in [3.8, 4) is 5.75 Å². The molecule has 0 saturated carbocycles. The lowest BCUT2D eigenvalue weighted by Crippen LogP contribution is -2.34. The topological polar surface area (TPSA) is 44.1 Å². The van der Waals surface area contributed by atoms with Gasteiger partial charge in [-0.25, -0.2) is 9.13 Å². The molecule has 0 aliphatic rings. The van der Waals surface area contributed by atoms with Crippen LogP contribution in [0.5, 0.6) is 5.75 Å². The molecule has 0 bridgehead atoms. The van der Waals surface area contributed by atoms with Crippen molar-refractivity contribution in [3.05, 3.63) is 24.5 Å². The summed E-state index contributed by atoms with van der Waals surface area (Å²) in [7, 11) is -0.0163. The molecule has 0 aliphatic heterocycles. The average molecular weight is 266 g/mol. The van der Waals surface area contributed by atoms with Gasteiger partial charge in [0.1, 0.15) is 14.7 Å². The van der Waals surface area contributed by atoms with Gasteiger partial charge in [0.05, 0.1) is 12.1 Å². The standard InChI is InChI=1S/C13H21N3OP/c1-9(2)15-8-16(10(3)4)13-7-11(17-18-14)5-6-12(13)15/h5-10,18H,14H2,1-4H3/q+1. The molecule has 0 amide bonds. The third-order valence-electron chi connectivity index (χ3n) is 3.04. The molecule has 2 rings (SSSR count). The van der Waals surface area contributed by atoms with Crippen LogP contribution in [0.15, 0.2) is 24.5 Å². The first-order valence-corrected chi connectivity index (χ1v) is 7.21. The Morgan fingerprint density at radius 1 is 1.28 bits per heavy atom. The van der Waals surface area contributed by atoms with Gasteiger partial charge in [0, 0.05) is 6.07 Å². The van der Waals surface area contributed by atoms with E-state index in [2.05, 4.69) is 55.3 Å². The lowest BCUT2D eigenvalue weighted by atomic mass is 10.2. The highest BCUT2D eigenvalue weighted by Gasteiger charge is 2.20. The van der Waals surface area contributed by atoms with E-state index in [0.717, 1.165) is 5.75 Å². The van der Waals surface area contributed by atoms with Crippen LogP contribution in [-0.2, 0) is 0 Å². The van der Waals surface area contributed by atoms with Crippen molar-refractivity contribution >= 4 is 20.0 Å². The Balaban J connectivity index is 2.63. The van der Waals surface area contributed by atoms with Crippen LogP contribution in [-0.4, -0.2) is 4.57 Å². The van der Waals surface area contributed by atoms with Crippen LogP contribution < -0.4 is 14.6 Å². The van der Waals surface area contributed by atoms with Crippen LogP contribution in [0.1, 0.15) is 39.8 Å². The molecule has 5 heteroatoms. The molecule has 0 fully saturated rings. The van der Waals surface area contributed by atoms with Crippen molar-refractivity contribution in [2.45, 2.75) is 39.8 Å². The minimum absolute atomic E-state index is 0.0163. The lowest BCUT2D eigenvalue weighted by molar-refractivity contribution is -0.692. The number of imidazole rings is 1. The fraction of sp³-hybridized carbons (Fsp3) is 0.462. The predicted molar refractivity (Wildman–Crippen MR) is 76.0 cm³/mol. The average Bonchev–Trinajstić information content (AvgIpc) is 2.68. The SMILES string of the molecule is CC(C)n1c[n+](C(C)C)c2cc(OPN)ccc21. The van der Waals surface area contributed by atoms with Crippen LogP contribution in [0, 0.1) is 0 Å². The summed E-state index contributed by atoms with van der Waals surface area (Å²) < 4.78 is 9.95. The molecular formula is C13H21N3OP+. The number of fused-ring (bicyclic) bond motifs is 1. The highest BCUT2D eigenvalue weighted by molar-refractivity contribution is 7.29. The van der Waals surface area contributed by atoms with E-state index in [9.17, 15) is 0 Å². The molecule has 1 atom stereocenters. The molecule has 2 N–H and O–H groups in total. The molecule has 0 spiro atoms. The lowest BCUT2D eigenvalue weighted by Gasteiger charge is -2.03. The zero-order chi connectivity index (χ0) is 13.3. The summed E-state index contributed by atoms with van der Waals surface area (Å²) in [5.74, 6) is 0.833. The second-order valence-corrected chi connectivity index (χ2v) is 5.43. The molecule has 98 valence electrons. The molecule has 1 aromatic carbocycles. The highest BCUT2D eigenvalue weighted by Crippen LogP contribution is 2.24. The third kappa shape index (κ3) is 2.36. The second kappa shape index (κ2) is 5.25. The molecule has 18 heavy (non-hydrogen) atoms. The summed E-state index contributed by atoms with van der Waals surface area (Å²) in [5.41, 5.74) is 7.87. The molecule has 0 radical (unpaired) electrons. The molecule has 4 nitrogen and oxygen atoms in total. The van der Waals surface area contributed by atoms with Gasteiger partial charge in [-0.05, 0) is 39.8 Å². The van der Waals surface area contributed by atoms with E-state index >= 15 is 0 Å². The Hall–Kier alpha value is -1.12. The number of benzene rings is 1. The van der Waals surface area contributed by atoms with Gasteiger partial charge in [0.15, 0.2) is 11.0 Å². The quantitative estimate of drug-likeness (QED) is 0.683. The third-order valence-corrected chi connectivity index (χ3v) is 3.40. The van der Waals surface area contributed by atoms with E-state index < -0.39 is 0 Å². The van der Waals surface area contributed by atoms with E-state index in [0.29, 0.717) is 12.1 Å². The Bertz CT molecular complexity index is 548. The van der Waals surface area contributed by atoms with E-state index in [1.165, 1.54) is 11.0 Å². The minimum atomic E-state index is -0.0163. The molecular weight excluding hydrogens is 245 g/mol. The van der Waals surface area contributed by atoms with Crippen LogP contribution in [0.25, 0.3) is 11.0 Å². The van der Waals surface area contributed by atoms with Crippen LogP contribution >= 0.6 is 8.96 Å². The second-order valence-electron chi connectivity index (χ2n) is 4.99. The van der Waals surface area contributed by atoms with Gasteiger partial charge in [0.25, 0.3) is 0 Å². The first-order valence-electron chi connectivity index (χ1n) is 6.22. The minimum Gasteiger partial charge on any atom is -0.461 e. The first kappa shape index (κ1) is 13.3. The van der Waals surface area contributed by atoms with E-state index in [1.54, 1.807) is 0 Å².